The molecule has 4 rings (SSSR count). The summed E-state index contributed by atoms with van der Waals surface area (Å²) in [7, 11) is 0. The molecule has 5 heteroatoms. The fourth-order valence-electron chi connectivity index (χ4n) is 4.08. The third kappa shape index (κ3) is 4.25. The Morgan fingerprint density at radius 1 is 1.12 bits per heavy atom. The first kappa shape index (κ1) is 17.1. The van der Waals surface area contributed by atoms with E-state index in [0.29, 0.717) is 6.04 Å². The van der Waals surface area contributed by atoms with Crippen molar-refractivity contribution in [3.63, 3.8) is 0 Å². The summed E-state index contributed by atoms with van der Waals surface area (Å²) in [6.07, 6.45) is 8.49. The maximum absolute atomic E-state index is 6.08. The third-order valence-corrected chi connectivity index (χ3v) is 5.65. The van der Waals surface area contributed by atoms with Crippen LogP contribution in [0.5, 0.6) is 0 Å². The van der Waals surface area contributed by atoms with Crippen LogP contribution in [0.3, 0.4) is 0 Å². The van der Waals surface area contributed by atoms with Crippen LogP contribution in [0.1, 0.15) is 38.0 Å². The maximum Gasteiger partial charge on any atom is 0.209 e. The van der Waals surface area contributed by atoms with Crippen molar-refractivity contribution in [1.29, 1.82) is 0 Å². The molecule has 1 atom stereocenters. The molecule has 25 heavy (non-hydrogen) atoms. The molecule has 2 aliphatic heterocycles. The van der Waals surface area contributed by atoms with Gasteiger partial charge in [0.15, 0.2) is 5.76 Å². The van der Waals surface area contributed by atoms with Crippen LogP contribution in [0.4, 0.5) is 0 Å². The Balaban J connectivity index is 1.39. The van der Waals surface area contributed by atoms with Gasteiger partial charge in [0, 0.05) is 23.2 Å². The fraction of sp³-hybridized carbons (Fsp3) is 0.550. The summed E-state index contributed by atoms with van der Waals surface area (Å²) in [5.74, 6) is 1.60. The van der Waals surface area contributed by atoms with Crippen LogP contribution >= 0.6 is 11.6 Å². The predicted molar refractivity (Wildman–Crippen MR) is 101 cm³/mol. The summed E-state index contributed by atoms with van der Waals surface area (Å²) >= 11 is 6.08. The number of rotatable bonds is 5. The zero-order valence-electron chi connectivity index (χ0n) is 14.7. The molecule has 1 aromatic carbocycles. The van der Waals surface area contributed by atoms with Gasteiger partial charge in [-0.05, 0) is 57.5 Å². The number of hydrogen-bond acceptors (Lipinski definition) is 4. The van der Waals surface area contributed by atoms with Crippen molar-refractivity contribution in [2.24, 2.45) is 0 Å². The molecule has 2 aliphatic rings. The van der Waals surface area contributed by atoms with Crippen LogP contribution in [0, 0.1) is 0 Å². The van der Waals surface area contributed by atoms with Crippen LogP contribution in [0.15, 0.2) is 34.9 Å². The molecule has 2 saturated heterocycles. The molecule has 3 heterocycles. The number of nitrogens with zero attached hydrogens (tertiary/aromatic N) is 3. The van der Waals surface area contributed by atoms with Crippen LogP contribution in [0.2, 0.25) is 5.02 Å². The van der Waals surface area contributed by atoms with E-state index in [-0.39, 0.29) is 0 Å². The lowest BCUT2D eigenvalue weighted by Crippen LogP contribution is -2.42. The molecule has 1 unspecified atom stereocenters. The third-order valence-electron chi connectivity index (χ3n) is 5.42. The molecule has 0 bridgehead atoms. The van der Waals surface area contributed by atoms with Gasteiger partial charge in [-0.1, -0.05) is 30.2 Å². The standard InChI is InChI=1S/C20H26ClN3O/c21-17-7-4-6-16(12-17)19-13-22-20(25-19)15-24-11-5-8-18(24)14-23-9-2-1-3-10-23/h4,6-7,12-13,18H,1-3,5,8-11,14-15H2. The highest BCUT2D eigenvalue weighted by Gasteiger charge is 2.28. The lowest BCUT2D eigenvalue weighted by Gasteiger charge is -2.32. The highest BCUT2D eigenvalue weighted by atomic mass is 35.5. The summed E-state index contributed by atoms with van der Waals surface area (Å²) in [4.78, 5) is 9.68. The monoisotopic (exact) mass is 359 g/mol. The van der Waals surface area contributed by atoms with Crippen molar-refractivity contribution in [3.8, 4) is 11.3 Å². The Kier molecular flexibility index (Phi) is 5.39. The van der Waals surface area contributed by atoms with Crippen molar-refractivity contribution in [2.45, 2.75) is 44.7 Å². The van der Waals surface area contributed by atoms with Crippen molar-refractivity contribution in [2.75, 3.05) is 26.2 Å². The summed E-state index contributed by atoms with van der Waals surface area (Å²) in [5.41, 5.74) is 0.984. The first-order chi connectivity index (χ1) is 12.3. The van der Waals surface area contributed by atoms with E-state index in [1.54, 1.807) is 0 Å². The van der Waals surface area contributed by atoms with Crippen LogP contribution in [0.25, 0.3) is 11.3 Å². The minimum absolute atomic E-state index is 0.639. The Bertz CT molecular complexity index is 696. The van der Waals surface area contributed by atoms with E-state index in [9.17, 15) is 0 Å². The Hall–Kier alpha value is -1.36. The summed E-state index contributed by atoms with van der Waals surface area (Å²) in [5, 5.41) is 0.719. The SMILES string of the molecule is Clc1cccc(-c2cnc(CN3CCCC3CN3CCCCC3)o2)c1. The van der Waals surface area contributed by atoms with E-state index in [2.05, 4.69) is 14.8 Å². The molecule has 2 aromatic rings. The Morgan fingerprint density at radius 2 is 2.00 bits per heavy atom. The number of aromatic nitrogens is 1. The highest BCUT2D eigenvalue weighted by molar-refractivity contribution is 6.30. The fourth-order valence-corrected chi connectivity index (χ4v) is 4.27. The molecule has 0 N–H and O–H groups in total. The van der Waals surface area contributed by atoms with Crippen LogP contribution in [-0.2, 0) is 6.54 Å². The average molecular weight is 360 g/mol. The highest BCUT2D eigenvalue weighted by Crippen LogP contribution is 2.26. The molecule has 0 aliphatic carbocycles. The molecular weight excluding hydrogens is 334 g/mol. The van der Waals surface area contributed by atoms with Crippen molar-refractivity contribution in [3.05, 3.63) is 41.4 Å². The van der Waals surface area contributed by atoms with Gasteiger partial charge < -0.3 is 9.32 Å². The van der Waals surface area contributed by atoms with Crippen molar-refractivity contribution < 1.29 is 4.42 Å². The maximum atomic E-state index is 6.08. The minimum atomic E-state index is 0.639. The summed E-state index contributed by atoms with van der Waals surface area (Å²) in [6.45, 7) is 5.68. The molecule has 134 valence electrons. The topological polar surface area (TPSA) is 32.5 Å². The van der Waals surface area contributed by atoms with Gasteiger partial charge in [-0.3, -0.25) is 4.90 Å². The summed E-state index contributed by atoms with van der Waals surface area (Å²) in [6, 6.07) is 8.37. The minimum Gasteiger partial charge on any atom is -0.439 e. The van der Waals surface area contributed by atoms with Crippen molar-refractivity contribution >= 4 is 11.6 Å². The van der Waals surface area contributed by atoms with Gasteiger partial charge in [-0.2, -0.15) is 0 Å². The number of likely N-dealkylation sites (tertiary alicyclic amines) is 2. The van der Waals surface area contributed by atoms with Gasteiger partial charge in [-0.15, -0.1) is 0 Å². The smallest absolute Gasteiger partial charge is 0.209 e. The Labute approximate surface area is 154 Å². The van der Waals surface area contributed by atoms with Gasteiger partial charge in [0.2, 0.25) is 5.89 Å². The number of halogens is 1. The molecule has 0 amide bonds. The predicted octanol–water partition coefficient (Wildman–Crippen LogP) is 4.45. The van der Waals surface area contributed by atoms with E-state index >= 15 is 0 Å². The molecule has 1 aromatic heterocycles. The van der Waals surface area contributed by atoms with Crippen LogP contribution in [-0.4, -0.2) is 47.0 Å². The molecule has 0 radical (unpaired) electrons. The van der Waals surface area contributed by atoms with Gasteiger partial charge in [0.25, 0.3) is 0 Å². The second-order valence-electron chi connectivity index (χ2n) is 7.26. The van der Waals surface area contributed by atoms with Crippen LogP contribution < -0.4 is 0 Å². The molecule has 0 saturated carbocycles. The van der Waals surface area contributed by atoms with Crippen molar-refractivity contribution in [1.82, 2.24) is 14.8 Å². The zero-order valence-corrected chi connectivity index (χ0v) is 15.4. The van der Waals surface area contributed by atoms with E-state index in [1.165, 1.54) is 51.7 Å². The van der Waals surface area contributed by atoms with E-state index in [0.717, 1.165) is 35.3 Å². The first-order valence-electron chi connectivity index (χ1n) is 9.45. The molecule has 2 fully saturated rings. The van der Waals surface area contributed by atoms with E-state index in [1.807, 2.05) is 30.5 Å². The number of piperidine rings is 1. The average Bonchev–Trinajstić information content (AvgIpc) is 3.26. The molecule has 0 spiro atoms. The second-order valence-corrected chi connectivity index (χ2v) is 7.69. The zero-order chi connectivity index (χ0) is 17.1. The largest absolute Gasteiger partial charge is 0.439 e. The lowest BCUT2D eigenvalue weighted by molar-refractivity contribution is 0.142. The number of benzene rings is 1. The summed E-state index contributed by atoms with van der Waals surface area (Å²) < 4.78 is 6.00. The second kappa shape index (κ2) is 7.90. The normalized spacial score (nSPS) is 22.5. The van der Waals surface area contributed by atoms with Gasteiger partial charge in [0.05, 0.1) is 12.7 Å². The quantitative estimate of drug-likeness (QED) is 0.789. The number of hydrogen-bond donors (Lipinski definition) is 0. The van der Waals surface area contributed by atoms with Gasteiger partial charge in [0.1, 0.15) is 0 Å². The van der Waals surface area contributed by atoms with Gasteiger partial charge >= 0.3 is 0 Å². The number of oxazole rings is 1. The molecular formula is C20H26ClN3O. The lowest BCUT2D eigenvalue weighted by atomic mass is 10.1. The Morgan fingerprint density at radius 3 is 2.84 bits per heavy atom. The van der Waals surface area contributed by atoms with E-state index in [4.69, 9.17) is 16.0 Å². The first-order valence-corrected chi connectivity index (χ1v) is 9.83. The van der Waals surface area contributed by atoms with Gasteiger partial charge in [-0.25, -0.2) is 4.98 Å². The van der Waals surface area contributed by atoms with E-state index < -0.39 is 0 Å². The molecule has 4 nitrogen and oxygen atoms in total.